The number of aryl methyl sites for hydroxylation is 2. The molecule has 1 aliphatic rings. The van der Waals surface area contributed by atoms with Crippen molar-refractivity contribution >= 4 is 21.7 Å². The number of ether oxygens (including phenoxy) is 1. The summed E-state index contributed by atoms with van der Waals surface area (Å²) in [5.74, 6) is 2.36. The molecular formula is C33H33N2O+. The first kappa shape index (κ1) is 22.7. The van der Waals surface area contributed by atoms with Crippen molar-refractivity contribution in [3.8, 4) is 33.9 Å². The van der Waals surface area contributed by atoms with E-state index in [-0.39, 0.29) is 5.41 Å². The third-order valence-corrected chi connectivity index (χ3v) is 7.58. The van der Waals surface area contributed by atoms with E-state index < -0.39 is 0 Å². The van der Waals surface area contributed by atoms with E-state index in [0.717, 1.165) is 28.0 Å². The maximum atomic E-state index is 6.92. The third kappa shape index (κ3) is 3.33. The van der Waals surface area contributed by atoms with Crippen molar-refractivity contribution in [3.05, 3.63) is 83.7 Å². The molecule has 6 rings (SSSR count). The predicted octanol–water partition coefficient (Wildman–Crippen LogP) is 8.38. The molecule has 0 fully saturated rings. The molecule has 0 bridgehead atoms. The minimum atomic E-state index is -0.0934. The highest BCUT2D eigenvalue weighted by atomic mass is 16.5. The Kier molecular flexibility index (Phi) is 4.98. The second-order valence-electron chi connectivity index (χ2n) is 11.5. The van der Waals surface area contributed by atoms with E-state index in [1.54, 1.807) is 0 Å². The van der Waals surface area contributed by atoms with Crippen molar-refractivity contribution in [2.24, 2.45) is 7.05 Å². The average Bonchev–Trinajstić information content (AvgIpc) is 2.85. The van der Waals surface area contributed by atoms with Gasteiger partial charge < -0.3 is 4.74 Å². The minimum Gasteiger partial charge on any atom is -0.455 e. The largest absolute Gasteiger partial charge is 0.455 e. The summed E-state index contributed by atoms with van der Waals surface area (Å²) in [5, 5.41) is 3.62. The molecule has 0 unspecified atom stereocenters. The molecule has 3 nitrogen and oxygen atoms in total. The van der Waals surface area contributed by atoms with E-state index in [2.05, 4.69) is 114 Å². The highest BCUT2D eigenvalue weighted by molar-refractivity contribution is 6.07. The zero-order chi connectivity index (χ0) is 25.4. The van der Waals surface area contributed by atoms with E-state index >= 15 is 0 Å². The first-order chi connectivity index (χ1) is 17.1. The number of hydrogen-bond acceptors (Lipinski definition) is 2. The summed E-state index contributed by atoms with van der Waals surface area (Å²) in [4.78, 5) is 4.84. The SMILES string of the molecule is Cc1c2c(c(C(C)(C)C)c3ccccc13)Oc1cc(-c3ccc(C(C)C)cc3)cc3nc[n+](C)c-2c13. The zero-order valence-electron chi connectivity index (χ0n) is 22.2. The Bertz CT molecular complexity index is 1670. The normalized spacial score (nSPS) is 12.8. The topological polar surface area (TPSA) is 26.0 Å². The summed E-state index contributed by atoms with van der Waals surface area (Å²) < 4.78 is 9.07. The van der Waals surface area contributed by atoms with Crippen molar-refractivity contribution in [2.75, 3.05) is 0 Å². The Morgan fingerprint density at radius 2 is 1.58 bits per heavy atom. The van der Waals surface area contributed by atoms with Gasteiger partial charge in [0.05, 0.1) is 12.6 Å². The Labute approximate surface area is 213 Å². The van der Waals surface area contributed by atoms with E-state index in [4.69, 9.17) is 9.72 Å². The number of fused-ring (bicyclic) bond motifs is 3. The lowest BCUT2D eigenvalue weighted by Crippen LogP contribution is -2.33. The van der Waals surface area contributed by atoms with Crippen LogP contribution in [0.15, 0.2) is 67.0 Å². The van der Waals surface area contributed by atoms with Crippen LogP contribution in [0.25, 0.3) is 44.1 Å². The molecule has 0 atom stereocenters. The van der Waals surface area contributed by atoms with Gasteiger partial charge in [-0.15, -0.1) is 0 Å². The summed E-state index contributed by atoms with van der Waals surface area (Å²) in [6.07, 6.45) is 1.94. The number of hydrogen-bond donors (Lipinski definition) is 0. The molecule has 3 heteroatoms. The van der Waals surface area contributed by atoms with Crippen LogP contribution in [-0.4, -0.2) is 4.98 Å². The van der Waals surface area contributed by atoms with Crippen LogP contribution in [0.4, 0.5) is 0 Å². The number of rotatable bonds is 2. The molecule has 0 amide bonds. The lowest BCUT2D eigenvalue weighted by Gasteiger charge is -2.31. The fourth-order valence-corrected chi connectivity index (χ4v) is 5.75. The molecule has 0 aliphatic carbocycles. The second kappa shape index (κ2) is 7.89. The van der Waals surface area contributed by atoms with Crippen LogP contribution in [0.1, 0.15) is 57.2 Å². The highest BCUT2D eigenvalue weighted by Crippen LogP contribution is 2.53. The minimum absolute atomic E-state index is 0.0934. The first-order valence-corrected chi connectivity index (χ1v) is 12.8. The van der Waals surface area contributed by atoms with Crippen molar-refractivity contribution in [3.63, 3.8) is 0 Å². The smallest absolute Gasteiger partial charge is 0.287 e. The van der Waals surface area contributed by atoms with Crippen molar-refractivity contribution in [1.82, 2.24) is 4.98 Å². The van der Waals surface area contributed by atoms with Crippen LogP contribution in [0, 0.1) is 6.92 Å². The van der Waals surface area contributed by atoms with Gasteiger partial charge in [-0.3, -0.25) is 0 Å². The predicted molar refractivity (Wildman–Crippen MR) is 149 cm³/mol. The quantitative estimate of drug-likeness (QED) is 0.236. The Hall–Kier alpha value is -3.72. The lowest BCUT2D eigenvalue weighted by atomic mass is 9.78. The zero-order valence-corrected chi connectivity index (χ0v) is 22.2. The van der Waals surface area contributed by atoms with Gasteiger partial charge in [0.1, 0.15) is 16.9 Å². The maximum Gasteiger partial charge on any atom is 0.287 e. The monoisotopic (exact) mass is 473 g/mol. The van der Waals surface area contributed by atoms with Crippen LogP contribution in [0.2, 0.25) is 0 Å². The molecule has 0 radical (unpaired) electrons. The highest BCUT2D eigenvalue weighted by Gasteiger charge is 2.35. The van der Waals surface area contributed by atoms with E-state index in [0.29, 0.717) is 5.92 Å². The van der Waals surface area contributed by atoms with Gasteiger partial charge in [-0.2, -0.15) is 0 Å². The van der Waals surface area contributed by atoms with Crippen LogP contribution < -0.4 is 9.30 Å². The molecule has 1 aromatic heterocycles. The lowest BCUT2D eigenvalue weighted by molar-refractivity contribution is -0.662. The first-order valence-electron chi connectivity index (χ1n) is 12.8. The van der Waals surface area contributed by atoms with Crippen LogP contribution in [-0.2, 0) is 12.5 Å². The molecule has 0 saturated heterocycles. The van der Waals surface area contributed by atoms with Gasteiger partial charge in [0.2, 0.25) is 0 Å². The molecular weight excluding hydrogens is 440 g/mol. The van der Waals surface area contributed by atoms with Gasteiger partial charge in [0.25, 0.3) is 6.33 Å². The summed E-state index contributed by atoms with van der Waals surface area (Å²) >= 11 is 0. The molecule has 2 heterocycles. The fraction of sp³-hybridized carbons (Fsp3) is 0.273. The molecule has 4 aromatic carbocycles. The summed E-state index contributed by atoms with van der Waals surface area (Å²) in [7, 11) is 2.09. The molecule has 0 saturated carbocycles. The Balaban J connectivity index is 1.68. The summed E-state index contributed by atoms with van der Waals surface area (Å²) in [5.41, 5.74) is 9.35. The third-order valence-electron chi connectivity index (χ3n) is 7.58. The van der Waals surface area contributed by atoms with Gasteiger partial charge in [0.15, 0.2) is 11.2 Å². The van der Waals surface area contributed by atoms with Gasteiger partial charge in [0, 0.05) is 5.56 Å². The Morgan fingerprint density at radius 1 is 0.889 bits per heavy atom. The molecule has 0 spiro atoms. The molecule has 180 valence electrons. The molecule has 5 aromatic rings. The van der Waals surface area contributed by atoms with E-state index in [1.807, 2.05) is 6.33 Å². The summed E-state index contributed by atoms with van der Waals surface area (Å²) in [6.45, 7) is 13.5. The van der Waals surface area contributed by atoms with Gasteiger partial charge in [-0.05, 0) is 68.4 Å². The van der Waals surface area contributed by atoms with E-state index in [9.17, 15) is 0 Å². The number of benzene rings is 4. The van der Waals surface area contributed by atoms with Gasteiger partial charge in [-0.25, -0.2) is 4.57 Å². The average molecular weight is 474 g/mol. The van der Waals surface area contributed by atoms with Crippen molar-refractivity contribution in [2.45, 2.75) is 52.9 Å². The summed E-state index contributed by atoms with van der Waals surface area (Å²) in [6, 6.07) is 22.0. The van der Waals surface area contributed by atoms with Crippen LogP contribution in [0.5, 0.6) is 11.5 Å². The van der Waals surface area contributed by atoms with Gasteiger partial charge >= 0.3 is 0 Å². The van der Waals surface area contributed by atoms with Crippen molar-refractivity contribution in [1.29, 1.82) is 0 Å². The number of aromatic nitrogens is 2. The van der Waals surface area contributed by atoms with Crippen molar-refractivity contribution < 1.29 is 9.30 Å². The van der Waals surface area contributed by atoms with Crippen LogP contribution in [0.3, 0.4) is 0 Å². The molecule has 0 N–H and O–H groups in total. The van der Waals surface area contributed by atoms with E-state index in [1.165, 1.54) is 44.3 Å². The second-order valence-corrected chi connectivity index (χ2v) is 11.5. The molecule has 1 aliphatic heterocycles. The van der Waals surface area contributed by atoms with Crippen LogP contribution >= 0.6 is 0 Å². The standard InChI is InChI=1S/C33H33N2O/c1-19(2)21-12-14-22(15-13-21)23-16-26-29-27(17-23)36-32-28(31(29)35(7)18-34-26)20(3)24-10-8-9-11-25(24)30(32)33(4,5)6/h8-19H,1-7H3/q+1. The Morgan fingerprint density at radius 3 is 2.25 bits per heavy atom. The number of nitrogens with zero attached hydrogens (tertiary/aromatic N) is 2. The molecule has 36 heavy (non-hydrogen) atoms. The maximum absolute atomic E-state index is 6.92. The fourth-order valence-electron chi connectivity index (χ4n) is 5.75. The van der Waals surface area contributed by atoms with Gasteiger partial charge in [-0.1, -0.05) is 83.1 Å².